The molecule has 3 aliphatic rings. The third-order valence-corrected chi connectivity index (χ3v) is 7.86. The lowest BCUT2D eigenvalue weighted by atomic mass is 9.82. The van der Waals surface area contributed by atoms with Crippen LogP contribution in [-0.2, 0) is 12.0 Å². The van der Waals surface area contributed by atoms with Crippen molar-refractivity contribution in [3.8, 4) is 17.0 Å². The second-order valence-corrected chi connectivity index (χ2v) is 10.1. The Morgan fingerprint density at radius 3 is 2.80 bits per heavy atom. The number of ether oxygens (including phenoxy) is 1. The van der Waals surface area contributed by atoms with Gasteiger partial charge in [0.05, 0.1) is 5.69 Å². The summed E-state index contributed by atoms with van der Waals surface area (Å²) in [6, 6.07) is 8.36. The molecule has 9 nitrogen and oxygen atoms in total. The Balaban J connectivity index is 1.21. The Labute approximate surface area is 204 Å². The van der Waals surface area contributed by atoms with Crippen molar-refractivity contribution in [3.63, 3.8) is 0 Å². The zero-order valence-electron chi connectivity index (χ0n) is 20.0. The van der Waals surface area contributed by atoms with E-state index in [1.807, 2.05) is 30.0 Å². The molecule has 182 valence electrons. The SMILES string of the molecule is CC(Oc1cc(-c2cc3n(n2)CC[C@@]32CCN(C(=O)NC3CCC3)C2)cnc1N)c1ccncc1. The number of nitrogens with one attached hydrogen (secondary N) is 1. The first kappa shape index (κ1) is 21.9. The van der Waals surface area contributed by atoms with Gasteiger partial charge in [-0.2, -0.15) is 5.10 Å². The highest BCUT2D eigenvalue weighted by atomic mass is 16.5. The molecule has 9 heteroatoms. The third-order valence-electron chi connectivity index (χ3n) is 7.86. The molecule has 35 heavy (non-hydrogen) atoms. The van der Waals surface area contributed by atoms with E-state index in [1.165, 1.54) is 12.1 Å². The Morgan fingerprint density at radius 1 is 1.23 bits per heavy atom. The zero-order valence-corrected chi connectivity index (χ0v) is 20.0. The molecular formula is C26H31N7O2. The van der Waals surface area contributed by atoms with Gasteiger partial charge in [0.15, 0.2) is 11.6 Å². The molecule has 1 unspecified atom stereocenters. The van der Waals surface area contributed by atoms with Gasteiger partial charge in [-0.15, -0.1) is 0 Å². The molecule has 3 aromatic rings. The Hall–Kier alpha value is -3.62. The summed E-state index contributed by atoms with van der Waals surface area (Å²) in [6.45, 7) is 4.36. The van der Waals surface area contributed by atoms with Gasteiger partial charge in [-0.25, -0.2) is 9.78 Å². The number of aromatic nitrogens is 4. The number of carbonyl (C=O) groups excluding carboxylic acids is 1. The number of likely N-dealkylation sites (tertiary alicyclic amines) is 1. The predicted octanol–water partition coefficient (Wildman–Crippen LogP) is 3.67. The van der Waals surface area contributed by atoms with E-state index >= 15 is 0 Å². The fourth-order valence-corrected chi connectivity index (χ4v) is 5.46. The quantitative estimate of drug-likeness (QED) is 0.585. The summed E-state index contributed by atoms with van der Waals surface area (Å²) < 4.78 is 8.25. The van der Waals surface area contributed by atoms with E-state index in [0.717, 1.165) is 62.1 Å². The number of urea groups is 1. The van der Waals surface area contributed by atoms with Gasteiger partial charge in [-0.05, 0) is 68.9 Å². The summed E-state index contributed by atoms with van der Waals surface area (Å²) in [7, 11) is 0. The van der Waals surface area contributed by atoms with Crippen LogP contribution in [0, 0.1) is 0 Å². The Bertz CT molecular complexity index is 1240. The smallest absolute Gasteiger partial charge is 0.317 e. The van der Waals surface area contributed by atoms with E-state index < -0.39 is 0 Å². The second kappa shape index (κ2) is 8.55. The van der Waals surface area contributed by atoms with E-state index in [0.29, 0.717) is 17.6 Å². The Kier molecular flexibility index (Phi) is 5.35. The normalized spacial score (nSPS) is 22.1. The van der Waals surface area contributed by atoms with E-state index in [9.17, 15) is 4.79 Å². The molecule has 1 saturated heterocycles. The van der Waals surface area contributed by atoms with Gasteiger partial charge in [0.1, 0.15) is 6.10 Å². The first-order chi connectivity index (χ1) is 17.0. The summed E-state index contributed by atoms with van der Waals surface area (Å²) in [5.41, 5.74) is 10.0. The predicted molar refractivity (Wildman–Crippen MR) is 132 cm³/mol. The van der Waals surface area contributed by atoms with Gasteiger partial charge in [0, 0.05) is 60.9 Å². The molecule has 6 rings (SSSR count). The maximum atomic E-state index is 12.7. The molecule has 0 bridgehead atoms. The number of amides is 2. The van der Waals surface area contributed by atoms with Crippen molar-refractivity contribution in [1.82, 2.24) is 30.0 Å². The van der Waals surface area contributed by atoms with Gasteiger partial charge in [0.2, 0.25) is 0 Å². The highest BCUT2D eigenvalue weighted by Crippen LogP contribution is 2.44. The van der Waals surface area contributed by atoms with Crippen molar-refractivity contribution in [3.05, 3.63) is 54.1 Å². The lowest BCUT2D eigenvalue weighted by molar-refractivity contribution is 0.193. The number of hydrogen-bond donors (Lipinski definition) is 2. The van der Waals surface area contributed by atoms with Crippen molar-refractivity contribution in [2.45, 2.75) is 63.1 Å². The van der Waals surface area contributed by atoms with Crippen LogP contribution in [-0.4, -0.2) is 49.8 Å². The van der Waals surface area contributed by atoms with E-state index in [2.05, 4.69) is 26.0 Å². The number of rotatable bonds is 5. The van der Waals surface area contributed by atoms with Gasteiger partial charge in [-0.3, -0.25) is 9.67 Å². The molecular weight excluding hydrogens is 442 g/mol. The van der Waals surface area contributed by atoms with Crippen LogP contribution in [0.5, 0.6) is 5.75 Å². The van der Waals surface area contributed by atoms with Crippen LogP contribution in [0.2, 0.25) is 0 Å². The molecule has 2 atom stereocenters. The summed E-state index contributed by atoms with van der Waals surface area (Å²) in [5.74, 6) is 0.885. The van der Waals surface area contributed by atoms with Crippen molar-refractivity contribution in [1.29, 1.82) is 0 Å². The molecule has 1 aliphatic carbocycles. The van der Waals surface area contributed by atoms with Crippen molar-refractivity contribution in [2.24, 2.45) is 0 Å². The van der Waals surface area contributed by atoms with Gasteiger partial charge < -0.3 is 20.7 Å². The summed E-state index contributed by atoms with van der Waals surface area (Å²) in [6.07, 6.45) is 10.4. The van der Waals surface area contributed by atoms with E-state index in [1.54, 1.807) is 18.6 Å². The molecule has 1 saturated carbocycles. The number of carbonyl (C=O) groups is 1. The second-order valence-electron chi connectivity index (χ2n) is 10.1. The lowest BCUT2D eigenvalue weighted by Crippen LogP contribution is -2.47. The van der Waals surface area contributed by atoms with Crippen LogP contribution in [0.15, 0.2) is 42.9 Å². The van der Waals surface area contributed by atoms with Crippen molar-refractivity contribution in [2.75, 3.05) is 18.8 Å². The van der Waals surface area contributed by atoms with Gasteiger partial charge >= 0.3 is 6.03 Å². The molecule has 2 amide bonds. The number of nitrogens with two attached hydrogens (primary N) is 1. The maximum absolute atomic E-state index is 12.7. The highest BCUT2D eigenvalue weighted by molar-refractivity contribution is 5.75. The van der Waals surface area contributed by atoms with Crippen LogP contribution in [0.4, 0.5) is 10.6 Å². The number of fused-ring (bicyclic) bond motifs is 2. The molecule has 1 spiro atoms. The van der Waals surface area contributed by atoms with Gasteiger partial charge in [-0.1, -0.05) is 0 Å². The van der Waals surface area contributed by atoms with Crippen molar-refractivity contribution < 1.29 is 9.53 Å². The fraction of sp³-hybridized carbons (Fsp3) is 0.462. The largest absolute Gasteiger partial charge is 0.482 e. The number of nitrogen functional groups attached to an aromatic ring is 1. The average molecular weight is 474 g/mol. The standard InChI is InChI=1S/C26H31N7O2/c1-17(18-5-9-28-10-6-18)35-22-13-19(15-29-24(22)27)21-14-23-26(8-12-33(23)31-21)7-11-32(16-26)25(34)30-20-3-2-4-20/h5-6,9-10,13-15,17,20H,2-4,7-8,11-12,16H2,1H3,(H2,27,29)(H,30,34)/t17?,26-/m1/s1. The number of aryl methyl sites for hydroxylation is 1. The molecule has 0 aromatic carbocycles. The molecule has 3 N–H and O–H groups in total. The lowest BCUT2D eigenvalue weighted by Gasteiger charge is -2.30. The first-order valence-electron chi connectivity index (χ1n) is 12.5. The van der Waals surface area contributed by atoms with Crippen LogP contribution < -0.4 is 15.8 Å². The molecule has 2 fully saturated rings. The minimum atomic E-state index is -0.192. The number of hydrogen-bond acceptors (Lipinski definition) is 6. The monoisotopic (exact) mass is 473 g/mol. The maximum Gasteiger partial charge on any atom is 0.317 e. The third kappa shape index (κ3) is 3.98. The van der Waals surface area contributed by atoms with E-state index in [-0.39, 0.29) is 17.6 Å². The van der Waals surface area contributed by atoms with Crippen LogP contribution in [0.25, 0.3) is 11.3 Å². The number of anilines is 1. The van der Waals surface area contributed by atoms with Crippen LogP contribution in [0.1, 0.15) is 56.4 Å². The minimum absolute atomic E-state index is 0.0291. The summed E-state index contributed by atoms with van der Waals surface area (Å²) in [5, 5.41) is 8.07. The fourth-order valence-electron chi connectivity index (χ4n) is 5.46. The van der Waals surface area contributed by atoms with Gasteiger partial charge in [0.25, 0.3) is 0 Å². The molecule has 0 radical (unpaired) electrons. The van der Waals surface area contributed by atoms with Crippen LogP contribution in [0.3, 0.4) is 0 Å². The number of pyridine rings is 2. The summed E-state index contributed by atoms with van der Waals surface area (Å²) in [4.78, 5) is 23.2. The minimum Gasteiger partial charge on any atom is -0.482 e. The average Bonchev–Trinajstić information content (AvgIpc) is 3.55. The van der Waals surface area contributed by atoms with Crippen LogP contribution >= 0.6 is 0 Å². The highest BCUT2D eigenvalue weighted by Gasteiger charge is 2.47. The Morgan fingerprint density at radius 2 is 2.03 bits per heavy atom. The number of nitrogens with zero attached hydrogens (tertiary/aromatic N) is 5. The first-order valence-corrected chi connectivity index (χ1v) is 12.5. The zero-order chi connectivity index (χ0) is 24.0. The summed E-state index contributed by atoms with van der Waals surface area (Å²) >= 11 is 0. The van der Waals surface area contributed by atoms with E-state index in [4.69, 9.17) is 15.6 Å². The molecule has 5 heterocycles. The topological polar surface area (TPSA) is 111 Å². The molecule has 3 aromatic heterocycles. The molecule has 2 aliphatic heterocycles. The van der Waals surface area contributed by atoms with Crippen molar-refractivity contribution >= 4 is 11.8 Å².